The molecule has 1 heterocycles. The number of aromatic hydroxyl groups is 1. The minimum Gasteiger partial charge on any atom is -0.508 e. The predicted octanol–water partition coefficient (Wildman–Crippen LogP) is 5.83. The molecule has 2 N–H and O–H groups in total. The van der Waals surface area contributed by atoms with Crippen molar-refractivity contribution in [3.05, 3.63) is 94.8 Å². The first-order chi connectivity index (χ1) is 14.9. The number of hydrogen-bond acceptors (Lipinski definition) is 3. The molecule has 1 unspecified atom stereocenters. The zero-order valence-corrected chi connectivity index (χ0v) is 18.3. The Hall–Kier alpha value is -3.27. The van der Waals surface area contributed by atoms with E-state index in [9.17, 15) is 9.90 Å². The Labute approximate surface area is 184 Å². The summed E-state index contributed by atoms with van der Waals surface area (Å²) in [6, 6.07) is 16.2. The number of rotatable bonds is 4. The van der Waals surface area contributed by atoms with Crippen LogP contribution in [0, 0.1) is 11.3 Å². The predicted molar refractivity (Wildman–Crippen MR) is 123 cm³/mol. The van der Waals surface area contributed by atoms with Crippen molar-refractivity contribution in [3.63, 3.8) is 0 Å². The summed E-state index contributed by atoms with van der Waals surface area (Å²) >= 11 is 0. The fourth-order valence-corrected chi connectivity index (χ4v) is 4.59. The maximum Gasteiger partial charge on any atom is 0.255 e. The first kappa shape index (κ1) is 21.0. The van der Waals surface area contributed by atoms with Crippen LogP contribution < -0.4 is 5.32 Å². The van der Waals surface area contributed by atoms with Gasteiger partial charge in [-0.3, -0.25) is 4.79 Å². The summed E-state index contributed by atoms with van der Waals surface area (Å²) in [6.45, 7) is 7.27. The molecular weight excluding hydrogens is 386 g/mol. The quantitative estimate of drug-likeness (QED) is 0.660. The van der Waals surface area contributed by atoms with Crippen molar-refractivity contribution in [1.29, 1.82) is 0 Å². The van der Waals surface area contributed by atoms with Gasteiger partial charge in [0.2, 0.25) is 0 Å². The van der Waals surface area contributed by atoms with Gasteiger partial charge in [0.25, 0.3) is 5.91 Å². The molecule has 0 radical (unpaired) electrons. The average molecular weight is 416 g/mol. The van der Waals surface area contributed by atoms with Crippen LogP contribution in [0.15, 0.2) is 83.7 Å². The molecule has 0 spiro atoms. The van der Waals surface area contributed by atoms with Crippen LogP contribution in [-0.4, -0.2) is 17.6 Å². The van der Waals surface area contributed by atoms with Gasteiger partial charge in [-0.25, -0.2) is 0 Å². The highest BCUT2D eigenvalue weighted by molar-refractivity contribution is 6.00. The van der Waals surface area contributed by atoms with Crippen LogP contribution in [0.1, 0.15) is 49.5 Å². The second kappa shape index (κ2) is 8.46. The molecule has 1 amide bonds. The second-order valence-corrected chi connectivity index (χ2v) is 8.95. The average Bonchev–Trinajstić information content (AvgIpc) is 2.78. The first-order valence-corrected chi connectivity index (χ1v) is 10.7. The van der Waals surface area contributed by atoms with E-state index >= 15 is 0 Å². The summed E-state index contributed by atoms with van der Waals surface area (Å²) in [4.78, 5) is 13.0. The number of benzene rings is 2. The molecule has 4 rings (SSSR count). The number of nitrogens with one attached hydrogen (secondary N) is 1. The van der Waals surface area contributed by atoms with Crippen LogP contribution >= 0.6 is 0 Å². The van der Waals surface area contributed by atoms with Crippen molar-refractivity contribution in [2.75, 3.05) is 6.61 Å². The van der Waals surface area contributed by atoms with Gasteiger partial charge in [0.15, 0.2) is 0 Å². The Morgan fingerprint density at radius 3 is 2.48 bits per heavy atom. The lowest BCUT2D eigenvalue weighted by atomic mass is 9.66. The van der Waals surface area contributed by atoms with E-state index in [1.807, 2.05) is 42.5 Å². The molecule has 1 atom stereocenters. The topological polar surface area (TPSA) is 58.6 Å². The molecule has 0 saturated carbocycles. The monoisotopic (exact) mass is 415 g/mol. The zero-order chi connectivity index (χ0) is 22.0. The van der Waals surface area contributed by atoms with Crippen LogP contribution in [-0.2, 0) is 4.74 Å². The summed E-state index contributed by atoms with van der Waals surface area (Å²) in [5.41, 5.74) is 6.14. The summed E-state index contributed by atoms with van der Waals surface area (Å²) in [5.74, 6) is 0.255. The summed E-state index contributed by atoms with van der Waals surface area (Å²) in [7, 11) is 0. The van der Waals surface area contributed by atoms with Crippen molar-refractivity contribution < 1.29 is 14.6 Å². The Morgan fingerprint density at radius 2 is 1.77 bits per heavy atom. The van der Waals surface area contributed by atoms with Gasteiger partial charge in [-0.2, -0.15) is 0 Å². The van der Waals surface area contributed by atoms with E-state index in [1.54, 1.807) is 18.4 Å². The van der Waals surface area contributed by atoms with Gasteiger partial charge >= 0.3 is 0 Å². The maximum atomic E-state index is 13.0. The molecule has 2 aliphatic rings. The summed E-state index contributed by atoms with van der Waals surface area (Å²) in [5, 5.41) is 12.9. The lowest BCUT2D eigenvalue weighted by Crippen LogP contribution is -2.31. The minimum absolute atomic E-state index is 0.100. The fraction of sp³-hybridized carbons (Fsp3) is 0.296. The normalized spacial score (nSPS) is 20.4. The third-order valence-electron chi connectivity index (χ3n) is 6.52. The molecule has 1 aliphatic carbocycles. The highest BCUT2D eigenvalue weighted by Gasteiger charge is 2.36. The summed E-state index contributed by atoms with van der Waals surface area (Å²) in [6.07, 6.45) is 5.93. The highest BCUT2D eigenvalue weighted by atomic mass is 16.5. The van der Waals surface area contributed by atoms with Crippen LogP contribution in [0.2, 0.25) is 0 Å². The van der Waals surface area contributed by atoms with E-state index in [4.69, 9.17) is 4.74 Å². The number of amides is 1. The highest BCUT2D eigenvalue weighted by Crippen LogP contribution is 2.47. The lowest BCUT2D eigenvalue weighted by Gasteiger charge is -2.40. The number of phenols is 1. The van der Waals surface area contributed by atoms with Gasteiger partial charge in [0.05, 0.1) is 6.26 Å². The molecule has 0 fully saturated rings. The zero-order valence-electron chi connectivity index (χ0n) is 18.3. The van der Waals surface area contributed by atoms with Crippen LogP contribution in [0.4, 0.5) is 0 Å². The maximum absolute atomic E-state index is 13.0. The van der Waals surface area contributed by atoms with Gasteiger partial charge < -0.3 is 15.2 Å². The molecule has 0 bridgehead atoms. The van der Waals surface area contributed by atoms with Gasteiger partial charge in [-0.05, 0) is 89.9 Å². The summed E-state index contributed by atoms with van der Waals surface area (Å²) < 4.78 is 5.63. The van der Waals surface area contributed by atoms with E-state index in [0.717, 1.165) is 29.7 Å². The van der Waals surface area contributed by atoms with Gasteiger partial charge in [-0.1, -0.05) is 32.0 Å². The largest absolute Gasteiger partial charge is 0.508 e. The van der Waals surface area contributed by atoms with Crippen LogP contribution in [0.25, 0.3) is 5.70 Å². The standard InChI is InChI=1S/C27H29NO3/c1-18(22-13-15-27(2,3)24-17-31-16-14-23(22)24)25(19-9-11-21(29)12-10-19)28-26(30)20-7-5-4-6-8-20/h4-12,14,16,22,29H,13,15,17H2,1-3H3,(H,28,30)/b25-18+. The number of carbonyl (C=O) groups excluding carboxylic acids is 1. The Kier molecular flexibility index (Phi) is 5.73. The van der Waals surface area contributed by atoms with Crippen molar-refractivity contribution in [2.45, 2.75) is 33.6 Å². The van der Waals surface area contributed by atoms with E-state index in [1.165, 1.54) is 11.1 Å². The van der Waals surface area contributed by atoms with Gasteiger partial charge in [0.1, 0.15) is 12.4 Å². The number of allylic oxidation sites excluding steroid dienone is 3. The molecule has 1 aliphatic heterocycles. The van der Waals surface area contributed by atoms with E-state index in [2.05, 4.69) is 32.2 Å². The molecule has 0 saturated heterocycles. The number of ether oxygens (including phenoxy) is 1. The van der Waals surface area contributed by atoms with E-state index in [-0.39, 0.29) is 23.0 Å². The molecule has 4 heteroatoms. The molecule has 4 nitrogen and oxygen atoms in total. The number of phenolic OH excluding ortho intramolecular Hbond substituents is 1. The van der Waals surface area contributed by atoms with Crippen LogP contribution in [0.5, 0.6) is 5.75 Å². The molecule has 2 aromatic rings. The van der Waals surface area contributed by atoms with E-state index < -0.39 is 0 Å². The Morgan fingerprint density at radius 1 is 1.06 bits per heavy atom. The molecule has 0 aromatic heterocycles. The molecular formula is C27H29NO3. The fourth-order valence-electron chi connectivity index (χ4n) is 4.59. The Balaban J connectivity index is 1.79. The smallest absolute Gasteiger partial charge is 0.255 e. The van der Waals surface area contributed by atoms with Crippen molar-refractivity contribution >= 4 is 11.6 Å². The third kappa shape index (κ3) is 4.29. The Bertz CT molecular complexity index is 1060. The molecule has 31 heavy (non-hydrogen) atoms. The van der Waals surface area contributed by atoms with Gasteiger partial charge in [0, 0.05) is 17.2 Å². The SMILES string of the molecule is C/C(=C(\NC(=O)c1ccccc1)c1ccc(O)cc1)C1CCC(C)(C)C2=C1C=COC2. The van der Waals surface area contributed by atoms with Crippen molar-refractivity contribution in [1.82, 2.24) is 5.32 Å². The number of carbonyl (C=O) groups is 1. The van der Waals surface area contributed by atoms with Crippen LogP contribution in [0.3, 0.4) is 0 Å². The molecule has 2 aromatic carbocycles. The van der Waals surface area contributed by atoms with Gasteiger partial charge in [-0.15, -0.1) is 0 Å². The second-order valence-electron chi connectivity index (χ2n) is 8.95. The third-order valence-corrected chi connectivity index (χ3v) is 6.52. The first-order valence-electron chi connectivity index (χ1n) is 10.7. The van der Waals surface area contributed by atoms with E-state index in [0.29, 0.717) is 12.2 Å². The minimum atomic E-state index is -0.143. The molecule has 160 valence electrons. The lowest BCUT2D eigenvalue weighted by molar-refractivity contribution is 0.0973. The van der Waals surface area contributed by atoms with Crippen molar-refractivity contribution in [2.24, 2.45) is 11.3 Å². The van der Waals surface area contributed by atoms with Crippen molar-refractivity contribution in [3.8, 4) is 5.75 Å². The number of hydrogen-bond donors (Lipinski definition) is 2.